The fourth-order valence-corrected chi connectivity index (χ4v) is 4.20. The summed E-state index contributed by atoms with van der Waals surface area (Å²) in [5, 5.41) is 15.6. The van der Waals surface area contributed by atoms with Crippen LogP contribution in [0, 0.1) is 29.9 Å². The maximum Gasteiger partial charge on any atom is 0.135 e. The van der Waals surface area contributed by atoms with Crippen LogP contribution >= 0.6 is 0 Å². The van der Waals surface area contributed by atoms with Crippen molar-refractivity contribution in [2.75, 3.05) is 0 Å². The van der Waals surface area contributed by atoms with Gasteiger partial charge < -0.3 is 0 Å². The standard InChI is InChI=1S/C22H20F2N4/c1-4-22(19-9-11-25-27-19)10-8-14(13(2)3)15-12-18(26-28-21(15)22)20-16(23)6-5-7-17(20)24/h1,5-7,9,11-14H,8,10H2,2-3H3,(H,25,27). The Hall–Kier alpha value is -3.07. The molecule has 3 aromatic rings. The molecule has 28 heavy (non-hydrogen) atoms. The lowest BCUT2D eigenvalue weighted by Crippen LogP contribution is -2.35. The lowest BCUT2D eigenvalue weighted by Gasteiger charge is -2.38. The van der Waals surface area contributed by atoms with Crippen molar-refractivity contribution in [3.8, 4) is 23.6 Å². The van der Waals surface area contributed by atoms with E-state index < -0.39 is 17.0 Å². The molecule has 0 radical (unpaired) electrons. The van der Waals surface area contributed by atoms with Crippen LogP contribution in [0.25, 0.3) is 11.3 Å². The van der Waals surface area contributed by atoms with Crippen molar-refractivity contribution in [2.45, 2.75) is 38.0 Å². The van der Waals surface area contributed by atoms with Gasteiger partial charge in [-0.1, -0.05) is 25.8 Å². The third-order valence-corrected chi connectivity index (χ3v) is 5.69. The fraction of sp³-hybridized carbons (Fsp3) is 0.318. The van der Waals surface area contributed by atoms with Gasteiger partial charge in [-0.2, -0.15) is 10.2 Å². The number of terminal acetylenes is 1. The van der Waals surface area contributed by atoms with Gasteiger partial charge in [0.15, 0.2) is 0 Å². The average molecular weight is 378 g/mol. The summed E-state index contributed by atoms with van der Waals surface area (Å²) in [5.41, 5.74) is 1.55. The molecule has 0 aliphatic heterocycles. The minimum atomic E-state index is -0.781. The van der Waals surface area contributed by atoms with Gasteiger partial charge in [0.1, 0.15) is 17.0 Å². The van der Waals surface area contributed by atoms with E-state index in [1.54, 1.807) is 12.3 Å². The number of H-pyrrole nitrogens is 1. The molecule has 2 aromatic heterocycles. The number of fused-ring (bicyclic) bond motifs is 1. The van der Waals surface area contributed by atoms with Gasteiger partial charge in [0.05, 0.1) is 22.6 Å². The number of rotatable bonds is 3. The Bertz CT molecular complexity index is 1030. The van der Waals surface area contributed by atoms with E-state index in [0.717, 1.165) is 17.7 Å². The van der Waals surface area contributed by atoms with Crippen molar-refractivity contribution in [1.29, 1.82) is 0 Å². The van der Waals surface area contributed by atoms with E-state index >= 15 is 0 Å². The summed E-state index contributed by atoms with van der Waals surface area (Å²) in [5.74, 6) is 2.06. The van der Waals surface area contributed by atoms with Gasteiger partial charge in [-0.15, -0.1) is 11.5 Å². The number of nitrogens with one attached hydrogen (secondary N) is 1. The van der Waals surface area contributed by atoms with E-state index in [4.69, 9.17) is 6.42 Å². The number of aromatic amines is 1. The Morgan fingerprint density at radius 3 is 2.57 bits per heavy atom. The first-order chi connectivity index (χ1) is 13.5. The molecule has 4 nitrogen and oxygen atoms in total. The molecule has 1 aliphatic carbocycles. The second-order valence-corrected chi connectivity index (χ2v) is 7.54. The van der Waals surface area contributed by atoms with Crippen LogP contribution < -0.4 is 0 Å². The number of hydrogen-bond donors (Lipinski definition) is 1. The summed E-state index contributed by atoms with van der Waals surface area (Å²) < 4.78 is 28.6. The van der Waals surface area contributed by atoms with Gasteiger partial charge >= 0.3 is 0 Å². The molecular weight excluding hydrogens is 358 g/mol. The predicted octanol–water partition coefficient (Wildman–Crippen LogP) is 4.60. The highest BCUT2D eigenvalue weighted by molar-refractivity contribution is 5.63. The van der Waals surface area contributed by atoms with Gasteiger partial charge in [0.2, 0.25) is 0 Å². The smallest absolute Gasteiger partial charge is 0.135 e. The quantitative estimate of drug-likeness (QED) is 0.678. The molecule has 4 rings (SSSR count). The molecule has 1 aromatic carbocycles. The van der Waals surface area contributed by atoms with Crippen LogP contribution in [-0.2, 0) is 5.41 Å². The maximum absolute atomic E-state index is 14.3. The zero-order chi connectivity index (χ0) is 19.9. The van der Waals surface area contributed by atoms with Gasteiger partial charge in [0, 0.05) is 6.20 Å². The van der Waals surface area contributed by atoms with Crippen molar-refractivity contribution in [3.63, 3.8) is 0 Å². The number of benzene rings is 1. The van der Waals surface area contributed by atoms with Crippen molar-refractivity contribution >= 4 is 0 Å². The summed E-state index contributed by atoms with van der Waals surface area (Å²) in [7, 11) is 0. The topological polar surface area (TPSA) is 54.5 Å². The van der Waals surface area contributed by atoms with E-state index in [2.05, 4.69) is 40.2 Å². The minimum Gasteiger partial charge on any atom is -0.281 e. The molecule has 1 aliphatic rings. The van der Waals surface area contributed by atoms with Crippen molar-refractivity contribution < 1.29 is 8.78 Å². The molecule has 142 valence electrons. The minimum absolute atomic E-state index is 0.168. The van der Waals surface area contributed by atoms with Crippen LogP contribution in [0.4, 0.5) is 8.78 Å². The first-order valence-corrected chi connectivity index (χ1v) is 9.28. The normalized spacial score (nSPS) is 21.4. The molecule has 0 fully saturated rings. The van der Waals surface area contributed by atoms with Gasteiger partial charge in [-0.3, -0.25) is 5.10 Å². The van der Waals surface area contributed by atoms with E-state index in [9.17, 15) is 8.78 Å². The van der Waals surface area contributed by atoms with Crippen molar-refractivity contribution in [3.05, 3.63) is 65.1 Å². The predicted molar refractivity (Wildman–Crippen MR) is 102 cm³/mol. The summed E-state index contributed by atoms with van der Waals surface area (Å²) in [6, 6.07) is 7.35. The molecule has 0 saturated heterocycles. The zero-order valence-corrected chi connectivity index (χ0v) is 15.7. The van der Waals surface area contributed by atoms with E-state index in [1.807, 2.05) is 6.07 Å². The van der Waals surface area contributed by atoms with Crippen LogP contribution in [0.1, 0.15) is 49.6 Å². The van der Waals surface area contributed by atoms with E-state index in [-0.39, 0.29) is 17.2 Å². The first kappa shape index (κ1) is 18.3. The van der Waals surface area contributed by atoms with Crippen LogP contribution in [0.15, 0.2) is 36.5 Å². The Kier molecular flexibility index (Phi) is 4.46. The zero-order valence-electron chi connectivity index (χ0n) is 15.7. The largest absolute Gasteiger partial charge is 0.281 e. The average Bonchev–Trinajstić information content (AvgIpc) is 3.22. The molecule has 2 unspecified atom stereocenters. The molecule has 0 bridgehead atoms. The van der Waals surface area contributed by atoms with E-state index in [1.165, 1.54) is 18.2 Å². The SMILES string of the molecule is C#CC1(c2ccn[nH]2)CCC(C(C)C)c2cc(-c3c(F)cccc3F)nnc21. The Labute approximate surface area is 162 Å². The monoisotopic (exact) mass is 378 g/mol. The third kappa shape index (κ3) is 2.70. The summed E-state index contributed by atoms with van der Waals surface area (Å²) in [4.78, 5) is 0. The Morgan fingerprint density at radius 2 is 1.96 bits per heavy atom. The summed E-state index contributed by atoms with van der Waals surface area (Å²) in [6.45, 7) is 4.24. The second kappa shape index (κ2) is 6.83. The molecule has 0 saturated carbocycles. The summed E-state index contributed by atoms with van der Waals surface area (Å²) in [6.07, 6.45) is 9.16. The number of nitrogens with zero attached hydrogens (tertiary/aromatic N) is 3. The molecule has 1 N–H and O–H groups in total. The van der Waals surface area contributed by atoms with Crippen molar-refractivity contribution in [2.24, 2.45) is 5.92 Å². The molecule has 0 amide bonds. The first-order valence-electron chi connectivity index (χ1n) is 9.28. The molecule has 0 spiro atoms. The number of aromatic nitrogens is 4. The van der Waals surface area contributed by atoms with Gasteiger partial charge in [-0.25, -0.2) is 8.78 Å². The van der Waals surface area contributed by atoms with Crippen LogP contribution in [0.3, 0.4) is 0 Å². The van der Waals surface area contributed by atoms with Crippen LogP contribution in [0.5, 0.6) is 0 Å². The lowest BCUT2D eigenvalue weighted by atomic mass is 9.65. The van der Waals surface area contributed by atoms with E-state index in [0.29, 0.717) is 18.0 Å². The Balaban J connectivity index is 1.95. The van der Waals surface area contributed by atoms with Crippen LogP contribution in [0.2, 0.25) is 0 Å². The third-order valence-electron chi connectivity index (χ3n) is 5.69. The molecular formula is C22H20F2N4. The molecule has 2 heterocycles. The lowest BCUT2D eigenvalue weighted by molar-refractivity contribution is 0.375. The summed E-state index contributed by atoms with van der Waals surface area (Å²) >= 11 is 0. The second-order valence-electron chi connectivity index (χ2n) is 7.54. The number of hydrogen-bond acceptors (Lipinski definition) is 3. The fourth-order valence-electron chi connectivity index (χ4n) is 4.20. The van der Waals surface area contributed by atoms with Crippen LogP contribution in [-0.4, -0.2) is 20.4 Å². The highest BCUT2D eigenvalue weighted by Gasteiger charge is 2.44. The highest BCUT2D eigenvalue weighted by atomic mass is 19.1. The van der Waals surface area contributed by atoms with Gasteiger partial charge in [-0.05, 0) is 54.5 Å². The molecule has 2 atom stereocenters. The highest BCUT2D eigenvalue weighted by Crippen LogP contribution is 2.48. The maximum atomic E-state index is 14.3. The van der Waals surface area contributed by atoms with Crippen molar-refractivity contribution in [1.82, 2.24) is 20.4 Å². The van der Waals surface area contributed by atoms with Gasteiger partial charge in [0.25, 0.3) is 0 Å². The molecule has 6 heteroatoms. The Morgan fingerprint density at radius 1 is 1.21 bits per heavy atom. The number of halogens is 2.